The Labute approximate surface area is 114 Å². The molecule has 0 saturated heterocycles. The van der Waals surface area contributed by atoms with Crippen LogP contribution in [0.4, 0.5) is 0 Å². The summed E-state index contributed by atoms with van der Waals surface area (Å²) in [6, 6.07) is 6.69. The zero-order valence-electron chi connectivity index (χ0n) is 11.2. The lowest BCUT2D eigenvalue weighted by Crippen LogP contribution is -2.39. The van der Waals surface area contributed by atoms with Crippen molar-refractivity contribution in [1.29, 1.82) is 0 Å². The van der Waals surface area contributed by atoms with E-state index in [-0.39, 0.29) is 17.5 Å². The third-order valence-electron chi connectivity index (χ3n) is 2.64. The smallest absolute Gasteiger partial charge is 0.244 e. The number of ether oxygens (including phenoxy) is 1. The summed E-state index contributed by atoms with van der Waals surface area (Å²) in [7, 11) is -3.51. The first-order chi connectivity index (χ1) is 8.78. The van der Waals surface area contributed by atoms with E-state index < -0.39 is 15.6 Å². The van der Waals surface area contributed by atoms with Gasteiger partial charge in [-0.05, 0) is 38.8 Å². The van der Waals surface area contributed by atoms with Crippen LogP contribution in [0.3, 0.4) is 0 Å². The van der Waals surface area contributed by atoms with E-state index in [9.17, 15) is 8.42 Å². The topological polar surface area (TPSA) is 81.4 Å². The molecule has 1 saturated carbocycles. The number of para-hydroxylation sites is 1. The first kappa shape index (κ1) is 14.3. The molecule has 1 aliphatic rings. The molecule has 0 amide bonds. The molecule has 3 N–H and O–H groups in total. The van der Waals surface area contributed by atoms with Crippen LogP contribution in [0, 0.1) is 0 Å². The van der Waals surface area contributed by atoms with Crippen molar-refractivity contribution in [2.45, 2.75) is 43.2 Å². The van der Waals surface area contributed by atoms with Crippen molar-refractivity contribution >= 4 is 10.0 Å². The molecule has 0 atom stereocenters. The zero-order valence-corrected chi connectivity index (χ0v) is 12.0. The number of rotatable bonds is 6. The standard InChI is InChI=1S/C13H20N2O3S/c1-13(2,14)9-18-11-5-3-4-6-12(11)19(16,17)15-10-7-8-10/h3-6,10,15H,7-9,14H2,1-2H3. The Morgan fingerprint density at radius 3 is 2.58 bits per heavy atom. The van der Waals surface area contributed by atoms with Gasteiger partial charge >= 0.3 is 0 Å². The normalized spacial score (nSPS) is 16.4. The summed E-state index contributed by atoms with van der Waals surface area (Å²) >= 11 is 0. The SMILES string of the molecule is CC(C)(N)COc1ccccc1S(=O)(=O)NC1CC1. The van der Waals surface area contributed by atoms with Crippen molar-refractivity contribution in [3.05, 3.63) is 24.3 Å². The van der Waals surface area contributed by atoms with Crippen LogP contribution in [0.2, 0.25) is 0 Å². The minimum Gasteiger partial charge on any atom is -0.490 e. The van der Waals surface area contributed by atoms with Gasteiger partial charge < -0.3 is 10.5 Å². The van der Waals surface area contributed by atoms with Crippen LogP contribution in [0.5, 0.6) is 5.75 Å². The molecule has 0 aromatic heterocycles. The molecule has 0 bridgehead atoms. The first-order valence-corrected chi connectivity index (χ1v) is 7.79. The average molecular weight is 284 g/mol. The van der Waals surface area contributed by atoms with E-state index in [4.69, 9.17) is 10.5 Å². The summed E-state index contributed by atoms with van der Waals surface area (Å²) in [5.74, 6) is 0.342. The maximum atomic E-state index is 12.2. The van der Waals surface area contributed by atoms with Crippen LogP contribution in [-0.2, 0) is 10.0 Å². The van der Waals surface area contributed by atoms with Gasteiger partial charge in [-0.3, -0.25) is 0 Å². The van der Waals surface area contributed by atoms with Crippen molar-refractivity contribution in [1.82, 2.24) is 4.72 Å². The quantitative estimate of drug-likeness (QED) is 0.823. The molecule has 1 fully saturated rings. The highest BCUT2D eigenvalue weighted by atomic mass is 32.2. The molecular formula is C13H20N2O3S. The lowest BCUT2D eigenvalue weighted by Gasteiger charge is -2.20. The molecule has 0 unspecified atom stereocenters. The molecule has 19 heavy (non-hydrogen) atoms. The van der Waals surface area contributed by atoms with E-state index in [0.29, 0.717) is 5.75 Å². The minimum atomic E-state index is -3.51. The van der Waals surface area contributed by atoms with Crippen LogP contribution in [-0.4, -0.2) is 26.6 Å². The van der Waals surface area contributed by atoms with Crippen molar-refractivity contribution in [2.75, 3.05) is 6.61 Å². The molecule has 1 aromatic rings. The van der Waals surface area contributed by atoms with Crippen molar-refractivity contribution in [3.63, 3.8) is 0 Å². The molecule has 1 aromatic carbocycles. The van der Waals surface area contributed by atoms with Gasteiger partial charge in [-0.25, -0.2) is 13.1 Å². The van der Waals surface area contributed by atoms with Crippen LogP contribution < -0.4 is 15.2 Å². The lowest BCUT2D eigenvalue weighted by atomic mass is 10.1. The summed E-state index contributed by atoms with van der Waals surface area (Å²) in [4.78, 5) is 0.172. The second-order valence-corrected chi connectivity index (χ2v) is 7.30. The number of hydrogen-bond acceptors (Lipinski definition) is 4. The third-order valence-corrected chi connectivity index (χ3v) is 4.20. The highest BCUT2D eigenvalue weighted by Crippen LogP contribution is 2.27. The summed E-state index contributed by atoms with van der Waals surface area (Å²) in [5.41, 5.74) is 5.33. The summed E-state index contributed by atoms with van der Waals surface area (Å²) in [6.07, 6.45) is 1.80. The maximum Gasteiger partial charge on any atom is 0.244 e. The van der Waals surface area contributed by atoms with Gasteiger partial charge in [0.1, 0.15) is 17.3 Å². The Balaban J connectivity index is 2.20. The molecule has 0 aliphatic heterocycles. The number of benzene rings is 1. The summed E-state index contributed by atoms with van der Waals surface area (Å²) in [6.45, 7) is 3.90. The van der Waals surface area contributed by atoms with Crippen LogP contribution in [0.15, 0.2) is 29.2 Å². The fourth-order valence-electron chi connectivity index (χ4n) is 1.54. The molecule has 5 nitrogen and oxygen atoms in total. The lowest BCUT2D eigenvalue weighted by molar-refractivity contribution is 0.238. The van der Waals surface area contributed by atoms with Gasteiger partial charge in [0.2, 0.25) is 10.0 Å². The van der Waals surface area contributed by atoms with Gasteiger partial charge in [0, 0.05) is 11.6 Å². The summed E-state index contributed by atoms with van der Waals surface area (Å²) < 4.78 is 32.6. The minimum absolute atomic E-state index is 0.0732. The Morgan fingerprint density at radius 2 is 2.00 bits per heavy atom. The van der Waals surface area contributed by atoms with Crippen molar-refractivity contribution in [2.24, 2.45) is 5.73 Å². The Kier molecular flexibility index (Phi) is 3.85. The molecule has 0 spiro atoms. The molecule has 2 rings (SSSR count). The van der Waals surface area contributed by atoms with E-state index in [0.717, 1.165) is 12.8 Å². The second-order valence-electron chi connectivity index (χ2n) is 5.62. The Bertz CT molecular complexity index is 545. The highest BCUT2D eigenvalue weighted by molar-refractivity contribution is 7.89. The van der Waals surface area contributed by atoms with E-state index >= 15 is 0 Å². The van der Waals surface area contributed by atoms with Gasteiger partial charge in [-0.1, -0.05) is 12.1 Å². The van der Waals surface area contributed by atoms with E-state index in [1.54, 1.807) is 24.3 Å². The van der Waals surface area contributed by atoms with Gasteiger partial charge in [0.05, 0.1) is 0 Å². The number of nitrogens with one attached hydrogen (secondary N) is 1. The van der Waals surface area contributed by atoms with Crippen molar-refractivity contribution in [3.8, 4) is 5.75 Å². The van der Waals surface area contributed by atoms with E-state index in [1.807, 2.05) is 13.8 Å². The predicted octanol–water partition coefficient (Wildman–Crippen LogP) is 1.24. The molecule has 1 aliphatic carbocycles. The molecule has 106 valence electrons. The number of nitrogens with two attached hydrogens (primary N) is 1. The fraction of sp³-hybridized carbons (Fsp3) is 0.538. The zero-order chi connectivity index (χ0) is 14.1. The van der Waals surface area contributed by atoms with E-state index in [1.165, 1.54) is 0 Å². The number of hydrogen-bond donors (Lipinski definition) is 2. The van der Waals surface area contributed by atoms with Crippen molar-refractivity contribution < 1.29 is 13.2 Å². The van der Waals surface area contributed by atoms with E-state index in [2.05, 4.69) is 4.72 Å². The van der Waals surface area contributed by atoms with Crippen LogP contribution in [0.25, 0.3) is 0 Å². The predicted molar refractivity (Wildman–Crippen MR) is 73.5 cm³/mol. The molecule has 0 radical (unpaired) electrons. The highest BCUT2D eigenvalue weighted by Gasteiger charge is 2.29. The van der Waals surface area contributed by atoms with Gasteiger partial charge in [-0.15, -0.1) is 0 Å². The Hall–Kier alpha value is -1.11. The van der Waals surface area contributed by atoms with Gasteiger partial charge in [0.15, 0.2) is 0 Å². The Morgan fingerprint density at radius 1 is 1.37 bits per heavy atom. The average Bonchev–Trinajstić information content (AvgIpc) is 3.09. The molecular weight excluding hydrogens is 264 g/mol. The summed E-state index contributed by atoms with van der Waals surface area (Å²) in [5, 5.41) is 0. The first-order valence-electron chi connectivity index (χ1n) is 6.31. The molecule has 6 heteroatoms. The van der Waals surface area contributed by atoms with Gasteiger partial charge in [0.25, 0.3) is 0 Å². The van der Waals surface area contributed by atoms with Crippen LogP contribution in [0.1, 0.15) is 26.7 Å². The second kappa shape index (κ2) is 5.11. The maximum absolute atomic E-state index is 12.2. The third kappa shape index (κ3) is 4.19. The fourth-order valence-corrected chi connectivity index (χ4v) is 2.99. The largest absolute Gasteiger partial charge is 0.490 e. The van der Waals surface area contributed by atoms with Crippen LogP contribution >= 0.6 is 0 Å². The molecule has 0 heterocycles. The van der Waals surface area contributed by atoms with Gasteiger partial charge in [-0.2, -0.15) is 0 Å². The number of sulfonamides is 1. The monoisotopic (exact) mass is 284 g/mol.